The molecule has 3 unspecified atom stereocenters. The molecule has 10 aliphatic heterocycles. The molecule has 0 spiro atoms. The van der Waals surface area contributed by atoms with Crippen LogP contribution in [0.1, 0.15) is 41.0 Å². The van der Waals surface area contributed by atoms with E-state index in [2.05, 4.69) is 0 Å². The normalized spacial score (nSPS) is 48.5. The number of rotatable bonds is 27. The minimum atomic E-state index is -2.50. The lowest BCUT2D eigenvalue weighted by Gasteiger charge is -2.53. The summed E-state index contributed by atoms with van der Waals surface area (Å²) in [5.41, 5.74) is 0. The van der Waals surface area contributed by atoms with Crippen molar-refractivity contribution in [2.75, 3.05) is 39.6 Å². The molecular formula is C62H92O51. The van der Waals surface area contributed by atoms with Gasteiger partial charge in [-0.15, -0.1) is 0 Å². The number of carboxylic acid groups (broad SMARTS) is 4. The number of aliphatic carboxylic acids is 4. The highest BCUT2D eigenvalue weighted by Gasteiger charge is 2.64. The Morgan fingerprint density at radius 1 is 0.381 bits per heavy atom. The second kappa shape index (κ2) is 37.0. The molecule has 51 heteroatoms. The van der Waals surface area contributed by atoms with Gasteiger partial charge < -0.3 is 217 Å². The Hall–Kier alpha value is -5.19. The molecule has 10 fully saturated rings. The van der Waals surface area contributed by atoms with Crippen LogP contribution >= 0.6 is 0 Å². The van der Waals surface area contributed by atoms with Crippen molar-refractivity contribution in [1.29, 1.82) is 0 Å². The molecule has 10 heterocycles. The molecule has 0 amide bonds. The zero-order valence-corrected chi connectivity index (χ0v) is 59.8. The highest BCUT2D eigenvalue weighted by molar-refractivity contribution is 5.76. The number of hydrogen-bond donors (Lipinski definition) is 22. The van der Waals surface area contributed by atoms with E-state index in [1.165, 1.54) is 6.92 Å². The summed E-state index contributed by atoms with van der Waals surface area (Å²) in [5.74, 6) is -15.6. The summed E-state index contributed by atoms with van der Waals surface area (Å²) >= 11 is 0. The lowest BCUT2D eigenvalue weighted by atomic mass is 9.94. The molecule has 0 radical (unpaired) electrons. The van der Waals surface area contributed by atoms with Gasteiger partial charge in [0.05, 0.1) is 52.2 Å². The summed E-state index contributed by atoms with van der Waals surface area (Å²) in [6, 6.07) is 0. The first-order valence-corrected chi connectivity index (χ1v) is 35.0. The second-order valence-corrected chi connectivity index (χ2v) is 28.1. The van der Waals surface area contributed by atoms with E-state index in [0.717, 1.165) is 27.7 Å². The minimum absolute atomic E-state index is 0.629. The van der Waals surface area contributed by atoms with Crippen molar-refractivity contribution in [3.63, 3.8) is 0 Å². The molecular weight excluding hydrogens is 1560 g/mol. The van der Waals surface area contributed by atoms with Crippen LogP contribution in [0.4, 0.5) is 0 Å². The molecule has 0 bridgehead atoms. The summed E-state index contributed by atoms with van der Waals surface area (Å²) in [6.45, 7) is -1.13. The van der Waals surface area contributed by atoms with Gasteiger partial charge in [-0.3, -0.25) is 14.4 Å². The fraction of sp³-hybridized carbons (Fsp3) is 0.887. The molecule has 43 atom stereocenters. The van der Waals surface area contributed by atoms with E-state index < -0.39 is 351 Å². The molecule has 10 aliphatic rings. The van der Waals surface area contributed by atoms with Crippen molar-refractivity contribution >= 4 is 41.8 Å². The number of carbonyl (C=O) groups excluding carboxylic acids is 3. The quantitative estimate of drug-likeness (QED) is 0.0268. The van der Waals surface area contributed by atoms with E-state index in [9.17, 15) is 146 Å². The fourth-order valence-corrected chi connectivity index (χ4v) is 14.0. The Kier molecular flexibility index (Phi) is 29.5. The zero-order valence-electron chi connectivity index (χ0n) is 59.8. The summed E-state index contributed by atoms with van der Waals surface area (Å²) in [4.78, 5) is 86.8. The van der Waals surface area contributed by atoms with Crippen molar-refractivity contribution < 1.29 is 250 Å². The lowest BCUT2D eigenvalue weighted by Crippen LogP contribution is -2.71. The van der Waals surface area contributed by atoms with Crippen LogP contribution in [-0.4, -0.2) is 457 Å². The van der Waals surface area contributed by atoms with Crippen LogP contribution in [0.2, 0.25) is 0 Å². The van der Waals surface area contributed by atoms with Gasteiger partial charge in [0, 0.05) is 27.7 Å². The van der Waals surface area contributed by atoms with Crippen LogP contribution in [0.3, 0.4) is 0 Å². The van der Waals surface area contributed by atoms with E-state index in [1.807, 2.05) is 0 Å². The van der Waals surface area contributed by atoms with Gasteiger partial charge >= 0.3 is 41.8 Å². The summed E-state index contributed by atoms with van der Waals surface area (Å²) in [7, 11) is 0. The fourth-order valence-electron chi connectivity index (χ4n) is 14.0. The summed E-state index contributed by atoms with van der Waals surface area (Å²) in [6.07, 6.45) is -87.6. The lowest BCUT2D eigenvalue weighted by molar-refractivity contribution is -0.424. The van der Waals surface area contributed by atoms with Gasteiger partial charge in [0.1, 0.15) is 165 Å². The number of carboxylic acids is 4. The number of aliphatic hydroxyl groups is 18. The molecule has 0 saturated carbocycles. The summed E-state index contributed by atoms with van der Waals surface area (Å²) < 4.78 is 124. The predicted molar refractivity (Wildman–Crippen MR) is 332 cm³/mol. The van der Waals surface area contributed by atoms with Crippen molar-refractivity contribution in [3.8, 4) is 0 Å². The standard InChI is InChI=1S/C62H92O51/c1-13(66)6-22(69)103-43-34(81)57(102-20-11-93-61(4,59(88)89)112-40(20)43)109-44-35(82)56(101-21-12-94-62(5,60(90)91)113-41(21)44)105-37-17(8-64)99-53(30(77)26(37)73)104-36-16(7-63)98-52(29(76)25(36)72)92-10-19-39(32(79)46(51(87)97-19)95-14(2)67)106-54-31(78)27(74)38(18(9-65)100-54)107-58-47(96-15(3)68)33(80)42(48(111-58)50(85)86)108-55-28(75)23(70)24(71)45(110-55)49(83)84/h13,16-21,23-48,51-58,63-66,70-82,87H,6-12H2,1-5H3,(H,83,84)(H,85,86)(H,88,89)(H,90,91)/t13?,16-,17-,18-,19-,20-,21-,23+,24+,25-,26-,27-,28-,29-,30-,31-,32+,33+,34-,35-,36-,37-,38-,39-,40+,41-,42+,43-,44-,45+,46-,47-,48+,51+,52-,53+,54+,55-,56+,57+,58-,61?,62?/m1/s1. The van der Waals surface area contributed by atoms with Gasteiger partial charge in [-0.1, -0.05) is 0 Å². The van der Waals surface area contributed by atoms with Crippen LogP contribution in [0.15, 0.2) is 0 Å². The van der Waals surface area contributed by atoms with E-state index in [1.54, 1.807) is 0 Å². The average Bonchev–Trinajstić information content (AvgIpc) is 0.750. The van der Waals surface area contributed by atoms with Crippen LogP contribution in [0, 0.1) is 0 Å². The number of hydrogen-bond acceptors (Lipinski definition) is 47. The third-order valence-electron chi connectivity index (χ3n) is 20.0. The maximum absolute atomic E-state index is 13.0. The SMILES string of the molecule is CC(=O)O[C@@H]1[C@@H](O)[C@H](O[C@@H]2O[C@H](CO)[C@@H](O[C@@H]3O[C@H](C(=O)O)[C@@H](O[C@@H]4O[C@H](C(=O)O)[C@@H](O)[C@H](O)[C@H]4O)[C@H](O)[C@H]3OC(C)=O)[C@H](O)[C@H]2O)[C@@H](CO[C@@H]2O[C@H](CO)[C@@H](O[C@@H]3O[C@H](CO)[C@@H](O[C@@H]4O[C@@H]5COC(C)(C(=O)O)O[C@H]5[C@H](O[C@@H]5O[C@@H]6COC(C)(C(=O)O)O[C@@H]6[C@H](OC(=O)CC(C)O)[C@H]5O)[C@H]4O)[C@H](O)[C@H]3O)[C@H](O)[C@H]2O)O[C@@H]1O. The largest absolute Gasteiger partial charge is 0.479 e. The van der Waals surface area contributed by atoms with E-state index in [0.29, 0.717) is 0 Å². The topological polar surface area (TPSA) is 768 Å². The Morgan fingerprint density at radius 3 is 1.20 bits per heavy atom. The number of aliphatic hydroxyl groups excluding tert-OH is 18. The van der Waals surface area contributed by atoms with Gasteiger partial charge in [-0.2, -0.15) is 0 Å². The molecule has 0 aromatic rings. The third-order valence-corrected chi connectivity index (χ3v) is 20.0. The number of carbonyl (C=O) groups is 7. The average molecular weight is 1650 g/mol. The van der Waals surface area contributed by atoms with Gasteiger partial charge in [0.15, 0.2) is 80.8 Å². The Labute approximate surface area is 634 Å². The van der Waals surface area contributed by atoms with Gasteiger partial charge in [0.25, 0.3) is 11.6 Å². The van der Waals surface area contributed by atoms with Gasteiger partial charge in [-0.25, -0.2) is 19.2 Å². The van der Waals surface area contributed by atoms with Gasteiger partial charge in [0.2, 0.25) is 0 Å². The second-order valence-electron chi connectivity index (χ2n) is 28.1. The number of ether oxygens (including phenoxy) is 22. The van der Waals surface area contributed by atoms with E-state index in [4.69, 9.17) is 104 Å². The molecule has 0 aromatic carbocycles. The van der Waals surface area contributed by atoms with Crippen molar-refractivity contribution in [2.45, 2.75) is 304 Å². The molecule has 0 aliphatic carbocycles. The maximum Gasteiger partial charge on any atom is 0.364 e. The molecule has 0 aromatic heterocycles. The number of fused-ring (bicyclic) bond motifs is 2. The Balaban J connectivity index is 0.799. The number of esters is 3. The monoisotopic (exact) mass is 1650 g/mol. The van der Waals surface area contributed by atoms with Crippen LogP contribution in [0.25, 0.3) is 0 Å². The maximum atomic E-state index is 13.0. The predicted octanol–water partition coefficient (Wildman–Crippen LogP) is -15.1. The van der Waals surface area contributed by atoms with Crippen LogP contribution in [-0.2, 0) is 138 Å². The molecule has 22 N–H and O–H groups in total. The highest BCUT2D eigenvalue weighted by atomic mass is 16.8. The third kappa shape index (κ3) is 19.1. The van der Waals surface area contributed by atoms with Crippen molar-refractivity contribution in [2.24, 2.45) is 0 Å². The van der Waals surface area contributed by atoms with Crippen LogP contribution in [0.5, 0.6) is 0 Å². The minimum Gasteiger partial charge on any atom is -0.479 e. The highest BCUT2D eigenvalue weighted by Crippen LogP contribution is 2.43. The molecule has 646 valence electrons. The first kappa shape index (κ1) is 90.1. The first-order chi connectivity index (χ1) is 53.1. The van der Waals surface area contributed by atoms with Gasteiger partial charge in [-0.05, 0) is 6.92 Å². The van der Waals surface area contributed by atoms with Crippen LogP contribution < -0.4 is 0 Å². The Bertz CT molecular complexity index is 3240. The first-order valence-electron chi connectivity index (χ1n) is 35.0. The van der Waals surface area contributed by atoms with Crippen molar-refractivity contribution in [3.05, 3.63) is 0 Å². The molecule has 113 heavy (non-hydrogen) atoms. The molecule has 51 nitrogen and oxygen atoms in total. The summed E-state index contributed by atoms with van der Waals surface area (Å²) in [5, 5.41) is 241. The van der Waals surface area contributed by atoms with E-state index in [-0.39, 0.29) is 0 Å². The van der Waals surface area contributed by atoms with E-state index >= 15 is 0 Å². The van der Waals surface area contributed by atoms with Crippen molar-refractivity contribution in [1.82, 2.24) is 0 Å². The Morgan fingerprint density at radius 2 is 0.752 bits per heavy atom. The smallest absolute Gasteiger partial charge is 0.364 e. The molecule has 10 rings (SSSR count). The molecule has 10 saturated heterocycles. The zero-order chi connectivity index (χ0) is 83.2.